The molecule has 0 spiro atoms. The van der Waals surface area contributed by atoms with E-state index >= 15 is 0 Å². The SMILES string of the molecule is Cc1cccc(C)c1OCC1COC1. The van der Waals surface area contributed by atoms with E-state index in [2.05, 4.69) is 32.0 Å². The molecule has 0 amide bonds. The Kier molecular flexibility index (Phi) is 2.73. The van der Waals surface area contributed by atoms with Crippen molar-refractivity contribution >= 4 is 0 Å². The minimum absolute atomic E-state index is 0.592. The van der Waals surface area contributed by atoms with Crippen LogP contribution >= 0.6 is 0 Å². The Bertz CT molecular complexity index is 296. The van der Waals surface area contributed by atoms with Gasteiger partial charge in [-0.15, -0.1) is 0 Å². The molecule has 0 N–H and O–H groups in total. The first-order valence-corrected chi connectivity index (χ1v) is 5.04. The maximum Gasteiger partial charge on any atom is 0.125 e. The highest BCUT2D eigenvalue weighted by atomic mass is 16.5. The zero-order chi connectivity index (χ0) is 9.97. The quantitative estimate of drug-likeness (QED) is 0.731. The molecule has 1 saturated heterocycles. The van der Waals surface area contributed by atoms with E-state index < -0.39 is 0 Å². The van der Waals surface area contributed by atoms with Crippen LogP contribution in [-0.2, 0) is 4.74 Å². The molecule has 2 nitrogen and oxygen atoms in total. The minimum atomic E-state index is 0.592. The summed E-state index contributed by atoms with van der Waals surface area (Å²) in [4.78, 5) is 0. The second kappa shape index (κ2) is 4.01. The van der Waals surface area contributed by atoms with Gasteiger partial charge in [-0.25, -0.2) is 0 Å². The van der Waals surface area contributed by atoms with Crippen LogP contribution in [0.5, 0.6) is 5.75 Å². The summed E-state index contributed by atoms with van der Waals surface area (Å²) >= 11 is 0. The number of aryl methyl sites for hydroxylation is 2. The molecule has 1 aromatic carbocycles. The number of ether oxygens (including phenoxy) is 2. The number of para-hydroxylation sites is 1. The lowest BCUT2D eigenvalue weighted by atomic mass is 10.1. The van der Waals surface area contributed by atoms with Crippen LogP contribution in [-0.4, -0.2) is 19.8 Å². The van der Waals surface area contributed by atoms with Gasteiger partial charge < -0.3 is 9.47 Å². The molecule has 14 heavy (non-hydrogen) atoms. The molecule has 0 unspecified atom stereocenters. The molecule has 2 heteroatoms. The van der Waals surface area contributed by atoms with Crippen molar-refractivity contribution in [2.75, 3.05) is 19.8 Å². The molecular formula is C12H16O2. The Balaban J connectivity index is 2.00. The van der Waals surface area contributed by atoms with E-state index in [1.807, 2.05) is 0 Å². The fourth-order valence-electron chi connectivity index (χ4n) is 1.61. The Hall–Kier alpha value is -1.02. The van der Waals surface area contributed by atoms with Crippen LogP contribution in [0, 0.1) is 19.8 Å². The van der Waals surface area contributed by atoms with Gasteiger partial charge in [-0.05, 0) is 25.0 Å². The largest absolute Gasteiger partial charge is 0.493 e. The molecule has 1 heterocycles. The molecule has 0 saturated carbocycles. The summed E-state index contributed by atoms with van der Waals surface area (Å²) in [6.07, 6.45) is 0. The molecule has 1 fully saturated rings. The zero-order valence-corrected chi connectivity index (χ0v) is 8.75. The van der Waals surface area contributed by atoms with Gasteiger partial charge in [-0.3, -0.25) is 0 Å². The van der Waals surface area contributed by atoms with Crippen molar-refractivity contribution in [1.82, 2.24) is 0 Å². The standard InChI is InChI=1S/C12H16O2/c1-9-4-3-5-10(2)12(9)14-8-11-6-13-7-11/h3-5,11H,6-8H2,1-2H3. The number of benzene rings is 1. The summed E-state index contributed by atoms with van der Waals surface area (Å²) in [5, 5.41) is 0. The van der Waals surface area contributed by atoms with E-state index in [0.29, 0.717) is 5.92 Å². The predicted molar refractivity (Wildman–Crippen MR) is 55.7 cm³/mol. The van der Waals surface area contributed by atoms with Crippen molar-refractivity contribution < 1.29 is 9.47 Å². The molecule has 1 aromatic rings. The number of hydrogen-bond acceptors (Lipinski definition) is 2. The average Bonchev–Trinajstić information content (AvgIpc) is 2.07. The topological polar surface area (TPSA) is 18.5 Å². The first kappa shape index (κ1) is 9.53. The Morgan fingerprint density at radius 1 is 1.29 bits per heavy atom. The van der Waals surface area contributed by atoms with Gasteiger partial charge in [0.05, 0.1) is 19.8 Å². The van der Waals surface area contributed by atoms with Gasteiger partial charge in [-0.2, -0.15) is 0 Å². The minimum Gasteiger partial charge on any atom is -0.493 e. The van der Waals surface area contributed by atoms with E-state index in [9.17, 15) is 0 Å². The molecular weight excluding hydrogens is 176 g/mol. The molecule has 0 aromatic heterocycles. The highest BCUT2D eigenvalue weighted by Gasteiger charge is 2.19. The molecule has 1 aliphatic rings. The van der Waals surface area contributed by atoms with Crippen LogP contribution in [0.15, 0.2) is 18.2 Å². The molecule has 0 radical (unpaired) electrons. The number of rotatable bonds is 3. The van der Waals surface area contributed by atoms with E-state index in [1.165, 1.54) is 11.1 Å². The van der Waals surface area contributed by atoms with Crippen LogP contribution in [0.4, 0.5) is 0 Å². The summed E-state index contributed by atoms with van der Waals surface area (Å²) in [5.74, 6) is 1.63. The third-order valence-corrected chi connectivity index (χ3v) is 2.58. The van der Waals surface area contributed by atoms with Gasteiger partial charge in [0, 0.05) is 5.92 Å². The molecule has 76 valence electrons. The van der Waals surface area contributed by atoms with Crippen molar-refractivity contribution in [2.24, 2.45) is 5.92 Å². The summed E-state index contributed by atoms with van der Waals surface area (Å²) in [6.45, 7) is 6.65. The summed E-state index contributed by atoms with van der Waals surface area (Å²) in [5.41, 5.74) is 2.43. The molecule has 2 rings (SSSR count). The number of hydrogen-bond donors (Lipinski definition) is 0. The third kappa shape index (κ3) is 1.90. The predicted octanol–water partition coefficient (Wildman–Crippen LogP) is 2.33. The first-order valence-electron chi connectivity index (χ1n) is 5.04. The average molecular weight is 192 g/mol. The monoisotopic (exact) mass is 192 g/mol. The third-order valence-electron chi connectivity index (χ3n) is 2.58. The highest BCUT2D eigenvalue weighted by molar-refractivity contribution is 5.39. The first-order chi connectivity index (χ1) is 6.77. The van der Waals surface area contributed by atoms with E-state index in [0.717, 1.165) is 25.6 Å². The Labute approximate surface area is 84.8 Å². The van der Waals surface area contributed by atoms with Crippen LogP contribution in [0.3, 0.4) is 0 Å². The van der Waals surface area contributed by atoms with Crippen molar-refractivity contribution in [2.45, 2.75) is 13.8 Å². The molecule has 0 bridgehead atoms. The maximum atomic E-state index is 5.79. The molecule has 0 atom stereocenters. The van der Waals surface area contributed by atoms with E-state index in [1.54, 1.807) is 0 Å². The van der Waals surface area contributed by atoms with E-state index in [4.69, 9.17) is 9.47 Å². The second-order valence-electron chi connectivity index (χ2n) is 3.94. The Morgan fingerprint density at radius 3 is 2.43 bits per heavy atom. The van der Waals surface area contributed by atoms with Gasteiger partial charge in [-0.1, -0.05) is 18.2 Å². The molecule has 1 aliphatic heterocycles. The summed E-state index contributed by atoms with van der Waals surface area (Å²) < 4.78 is 10.9. The molecule has 0 aliphatic carbocycles. The highest BCUT2D eigenvalue weighted by Crippen LogP contribution is 2.23. The van der Waals surface area contributed by atoms with Crippen LogP contribution < -0.4 is 4.74 Å². The lowest BCUT2D eigenvalue weighted by Gasteiger charge is -2.26. The van der Waals surface area contributed by atoms with Gasteiger partial charge in [0.1, 0.15) is 5.75 Å². The normalized spacial score (nSPS) is 16.4. The van der Waals surface area contributed by atoms with Crippen molar-refractivity contribution in [3.05, 3.63) is 29.3 Å². The maximum absolute atomic E-state index is 5.79. The zero-order valence-electron chi connectivity index (χ0n) is 8.75. The van der Waals surface area contributed by atoms with Crippen LogP contribution in [0.25, 0.3) is 0 Å². The van der Waals surface area contributed by atoms with Crippen LogP contribution in [0.1, 0.15) is 11.1 Å². The van der Waals surface area contributed by atoms with Gasteiger partial charge in [0.2, 0.25) is 0 Å². The second-order valence-corrected chi connectivity index (χ2v) is 3.94. The van der Waals surface area contributed by atoms with Gasteiger partial charge >= 0.3 is 0 Å². The smallest absolute Gasteiger partial charge is 0.125 e. The summed E-state index contributed by atoms with van der Waals surface area (Å²) in [7, 11) is 0. The van der Waals surface area contributed by atoms with Gasteiger partial charge in [0.25, 0.3) is 0 Å². The van der Waals surface area contributed by atoms with Gasteiger partial charge in [0.15, 0.2) is 0 Å². The van der Waals surface area contributed by atoms with Crippen molar-refractivity contribution in [1.29, 1.82) is 0 Å². The van der Waals surface area contributed by atoms with Crippen molar-refractivity contribution in [3.8, 4) is 5.75 Å². The fraction of sp³-hybridized carbons (Fsp3) is 0.500. The van der Waals surface area contributed by atoms with Crippen molar-refractivity contribution in [3.63, 3.8) is 0 Å². The summed E-state index contributed by atoms with van der Waals surface area (Å²) in [6, 6.07) is 6.23. The van der Waals surface area contributed by atoms with E-state index in [-0.39, 0.29) is 0 Å². The Morgan fingerprint density at radius 2 is 1.93 bits per heavy atom. The van der Waals surface area contributed by atoms with Crippen LogP contribution in [0.2, 0.25) is 0 Å². The fourth-order valence-corrected chi connectivity index (χ4v) is 1.61. The lowest BCUT2D eigenvalue weighted by Crippen LogP contribution is -2.32. The lowest BCUT2D eigenvalue weighted by molar-refractivity contribution is -0.0510.